The standard InChI is InChI=1S/C32H41N5O2/c1-3-32(4-2,31(38)39)15-17-34-29-11-5-8-26(22-29)13-14-28-10-6-12-30(35-28)25-37-20-18-36(19-21-37)24-27-9-7-16-33-23-27/h5-14,16,22-23,34H,3-4,15,17-21,24-25H2,1-2H3,(H,38,39). The fourth-order valence-corrected chi connectivity index (χ4v) is 5.16. The number of pyridine rings is 2. The summed E-state index contributed by atoms with van der Waals surface area (Å²) in [6, 6.07) is 18.6. The van der Waals surface area contributed by atoms with E-state index in [9.17, 15) is 9.90 Å². The molecular formula is C32H41N5O2. The second-order valence-corrected chi connectivity index (χ2v) is 10.4. The predicted molar refractivity (Wildman–Crippen MR) is 158 cm³/mol. The lowest BCUT2D eigenvalue weighted by molar-refractivity contribution is -0.149. The van der Waals surface area contributed by atoms with Gasteiger partial charge in [-0.05, 0) is 66.8 Å². The molecular weight excluding hydrogens is 486 g/mol. The Morgan fingerprint density at radius 2 is 1.72 bits per heavy atom. The van der Waals surface area contributed by atoms with Crippen LogP contribution >= 0.6 is 0 Å². The summed E-state index contributed by atoms with van der Waals surface area (Å²) in [4.78, 5) is 25.8. The molecule has 2 N–H and O–H groups in total. The van der Waals surface area contributed by atoms with Crippen LogP contribution in [-0.4, -0.2) is 63.6 Å². The van der Waals surface area contributed by atoms with E-state index in [-0.39, 0.29) is 0 Å². The molecule has 0 atom stereocenters. The number of aromatic nitrogens is 2. The highest BCUT2D eigenvalue weighted by Gasteiger charge is 2.34. The molecule has 7 heteroatoms. The average molecular weight is 528 g/mol. The van der Waals surface area contributed by atoms with Crippen molar-refractivity contribution in [2.24, 2.45) is 5.41 Å². The predicted octanol–water partition coefficient (Wildman–Crippen LogP) is 5.66. The molecule has 3 heterocycles. The van der Waals surface area contributed by atoms with Gasteiger partial charge in [0.15, 0.2) is 0 Å². The minimum atomic E-state index is -0.705. The maximum absolute atomic E-state index is 11.8. The highest BCUT2D eigenvalue weighted by Crippen LogP contribution is 2.31. The summed E-state index contributed by atoms with van der Waals surface area (Å²) < 4.78 is 0. The van der Waals surface area contributed by atoms with Gasteiger partial charge in [-0.3, -0.25) is 24.6 Å². The quantitative estimate of drug-likeness (QED) is 0.297. The number of rotatable bonds is 13. The van der Waals surface area contributed by atoms with Crippen molar-refractivity contribution in [3.63, 3.8) is 0 Å². The number of anilines is 1. The van der Waals surface area contributed by atoms with E-state index in [1.54, 1.807) is 0 Å². The molecule has 0 amide bonds. The third-order valence-electron chi connectivity index (χ3n) is 7.88. The molecule has 1 aromatic carbocycles. The van der Waals surface area contributed by atoms with Crippen LogP contribution in [0.2, 0.25) is 0 Å². The number of nitrogens with zero attached hydrogens (tertiary/aromatic N) is 4. The van der Waals surface area contributed by atoms with E-state index in [4.69, 9.17) is 4.98 Å². The molecule has 0 radical (unpaired) electrons. The third kappa shape index (κ3) is 8.22. The number of benzene rings is 1. The number of piperazine rings is 1. The molecule has 3 aromatic rings. The van der Waals surface area contributed by atoms with Crippen molar-refractivity contribution < 1.29 is 9.90 Å². The van der Waals surface area contributed by atoms with Crippen molar-refractivity contribution in [1.82, 2.24) is 19.8 Å². The van der Waals surface area contributed by atoms with Crippen LogP contribution in [0.4, 0.5) is 5.69 Å². The molecule has 1 aliphatic rings. The van der Waals surface area contributed by atoms with Gasteiger partial charge in [0.2, 0.25) is 0 Å². The molecule has 1 fully saturated rings. The van der Waals surface area contributed by atoms with Crippen LogP contribution in [0.15, 0.2) is 67.0 Å². The van der Waals surface area contributed by atoms with Crippen molar-refractivity contribution in [3.05, 3.63) is 89.5 Å². The highest BCUT2D eigenvalue weighted by atomic mass is 16.4. The van der Waals surface area contributed by atoms with Crippen molar-refractivity contribution in [2.75, 3.05) is 38.0 Å². The Morgan fingerprint density at radius 1 is 0.974 bits per heavy atom. The first kappa shape index (κ1) is 28.5. The van der Waals surface area contributed by atoms with E-state index in [0.717, 1.165) is 61.9 Å². The summed E-state index contributed by atoms with van der Waals surface area (Å²) in [5.74, 6) is -0.705. The number of hydrogen-bond donors (Lipinski definition) is 2. The van der Waals surface area contributed by atoms with Crippen molar-refractivity contribution in [2.45, 2.75) is 46.2 Å². The minimum Gasteiger partial charge on any atom is -0.481 e. The lowest BCUT2D eigenvalue weighted by atomic mass is 9.79. The number of aliphatic carboxylic acids is 1. The summed E-state index contributed by atoms with van der Waals surface area (Å²) in [6.45, 7) is 10.5. The average Bonchev–Trinajstić information content (AvgIpc) is 2.96. The van der Waals surface area contributed by atoms with Gasteiger partial charge in [-0.1, -0.05) is 44.2 Å². The fraction of sp³-hybridized carbons (Fsp3) is 0.406. The van der Waals surface area contributed by atoms with Gasteiger partial charge in [0.25, 0.3) is 0 Å². The Kier molecular flexibility index (Phi) is 10.2. The van der Waals surface area contributed by atoms with E-state index < -0.39 is 11.4 Å². The Morgan fingerprint density at radius 3 is 2.41 bits per heavy atom. The zero-order valence-electron chi connectivity index (χ0n) is 23.2. The number of hydrogen-bond acceptors (Lipinski definition) is 6. The molecule has 0 bridgehead atoms. The Hall–Kier alpha value is -3.55. The smallest absolute Gasteiger partial charge is 0.309 e. The molecule has 7 nitrogen and oxygen atoms in total. The normalized spacial score (nSPS) is 15.0. The largest absolute Gasteiger partial charge is 0.481 e. The SMILES string of the molecule is CCC(CC)(CCNc1cccc(C=Cc2cccc(CN3CCN(Cc4cccnc4)CC3)n2)c1)C(=O)O. The second-order valence-electron chi connectivity index (χ2n) is 10.4. The van der Waals surface area contributed by atoms with Crippen molar-refractivity contribution >= 4 is 23.8 Å². The maximum Gasteiger partial charge on any atom is 0.309 e. The van der Waals surface area contributed by atoms with Crippen LogP contribution < -0.4 is 5.32 Å². The number of carbonyl (C=O) groups is 1. The first-order valence-corrected chi connectivity index (χ1v) is 14.0. The van der Waals surface area contributed by atoms with Gasteiger partial charge < -0.3 is 10.4 Å². The van der Waals surface area contributed by atoms with Crippen LogP contribution in [0.3, 0.4) is 0 Å². The summed E-state index contributed by atoms with van der Waals surface area (Å²) in [5, 5.41) is 13.1. The zero-order chi connectivity index (χ0) is 27.5. The molecule has 1 aliphatic heterocycles. The second kappa shape index (κ2) is 14.0. The summed E-state index contributed by atoms with van der Waals surface area (Å²) in [7, 11) is 0. The highest BCUT2D eigenvalue weighted by molar-refractivity contribution is 5.74. The van der Waals surface area contributed by atoms with Gasteiger partial charge in [0.05, 0.1) is 16.8 Å². The van der Waals surface area contributed by atoms with Crippen molar-refractivity contribution in [1.29, 1.82) is 0 Å². The van der Waals surface area contributed by atoms with Crippen LogP contribution in [-0.2, 0) is 17.9 Å². The first-order valence-electron chi connectivity index (χ1n) is 14.0. The molecule has 206 valence electrons. The van der Waals surface area contributed by atoms with Crippen LogP contribution in [0.25, 0.3) is 12.2 Å². The van der Waals surface area contributed by atoms with Crippen molar-refractivity contribution in [3.8, 4) is 0 Å². The number of carboxylic acid groups (broad SMARTS) is 1. The third-order valence-corrected chi connectivity index (χ3v) is 7.88. The van der Waals surface area contributed by atoms with Gasteiger partial charge in [0, 0.05) is 63.9 Å². The van der Waals surface area contributed by atoms with Crippen LogP contribution in [0.1, 0.15) is 55.6 Å². The van der Waals surface area contributed by atoms with E-state index in [1.165, 1.54) is 5.56 Å². The van der Waals surface area contributed by atoms with Crippen LogP contribution in [0.5, 0.6) is 0 Å². The monoisotopic (exact) mass is 527 g/mol. The molecule has 0 unspecified atom stereocenters. The topological polar surface area (TPSA) is 81.6 Å². The Labute approximate surface area is 232 Å². The minimum absolute atomic E-state index is 0.603. The van der Waals surface area contributed by atoms with Gasteiger partial charge in [-0.25, -0.2) is 0 Å². The van der Waals surface area contributed by atoms with E-state index in [0.29, 0.717) is 25.8 Å². The van der Waals surface area contributed by atoms with Gasteiger partial charge in [-0.15, -0.1) is 0 Å². The van der Waals surface area contributed by atoms with Gasteiger partial charge in [0.1, 0.15) is 0 Å². The van der Waals surface area contributed by atoms with Crippen LogP contribution in [0, 0.1) is 5.41 Å². The zero-order valence-corrected chi connectivity index (χ0v) is 23.2. The van der Waals surface area contributed by atoms with E-state index in [1.807, 2.05) is 50.5 Å². The molecule has 2 aromatic heterocycles. The molecule has 4 rings (SSSR count). The summed E-state index contributed by atoms with van der Waals surface area (Å²) >= 11 is 0. The number of carboxylic acids is 1. The molecule has 0 spiro atoms. The Balaban J connectivity index is 1.28. The number of nitrogens with one attached hydrogen (secondary N) is 1. The molecule has 1 saturated heterocycles. The van der Waals surface area contributed by atoms with Gasteiger partial charge >= 0.3 is 5.97 Å². The molecule has 39 heavy (non-hydrogen) atoms. The van der Waals surface area contributed by atoms with E-state index in [2.05, 4.69) is 62.6 Å². The summed E-state index contributed by atoms with van der Waals surface area (Å²) in [5.41, 5.74) is 4.71. The maximum atomic E-state index is 11.8. The fourth-order valence-electron chi connectivity index (χ4n) is 5.16. The lowest BCUT2D eigenvalue weighted by Gasteiger charge is -2.34. The first-order chi connectivity index (χ1) is 19.0. The lowest BCUT2D eigenvalue weighted by Crippen LogP contribution is -2.45. The molecule has 0 aliphatic carbocycles. The molecule has 0 saturated carbocycles. The van der Waals surface area contributed by atoms with E-state index >= 15 is 0 Å². The summed E-state index contributed by atoms with van der Waals surface area (Å²) in [6.07, 6.45) is 9.78. The Bertz CT molecular complexity index is 1220. The van der Waals surface area contributed by atoms with Gasteiger partial charge in [-0.2, -0.15) is 0 Å².